The summed E-state index contributed by atoms with van der Waals surface area (Å²) in [7, 11) is 0. The van der Waals surface area contributed by atoms with Gasteiger partial charge in [0.1, 0.15) is 0 Å². The summed E-state index contributed by atoms with van der Waals surface area (Å²) in [6.45, 7) is 3.79. The van der Waals surface area contributed by atoms with Gasteiger partial charge >= 0.3 is 0 Å². The third kappa shape index (κ3) is 2.52. The molecule has 102 valence electrons. The number of hydrogen-bond donors (Lipinski definition) is 1. The van der Waals surface area contributed by atoms with Crippen LogP contribution in [0, 0.1) is 11.8 Å². The van der Waals surface area contributed by atoms with Gasteiger partial charge in [0, 0.05) is 25.0 Å². The first-order valence-electron chi connectivity index (χ1n) is 7.26. The van der Waals surface area contributed by atoms with E-state index in [0.717, 1.165) is 25.9 Å². The second-order valence-electron chi connectivity index (χ2n) is 6.07. The Labute approximate surface area is 114 Å². The number of nitrogens with zero attached hydrogens (tertiary/aromatic N) is 1. The van der Waals surface area contributed by atoms with Gasteiger partial charge in [-0.05, 0) is 30.2 Å². The fraction of sp³-hybridized carbons (Fsp3) is 0.562. The zero-order chi connectivity index (χ0) is 13.4. The van der Waals surface area contributed by atoms with Gasteiger partial charge in [-0.1, -0.05) is 37.3 Å². The Balaban J connectivity index is 1.61. The number of rotatable bonds is 2. The molecule has 0 bridgehead atoms. The Hall–Kier alpha value is -1.35. The molecule has 2 fully saturated rings. The van der Waals surface area contributed by atoms with Gasteiger partial charge in [-0.3, -0.25) is 4.79 Å². The molecule has 2 aliphatic rings. The molecule has 0 radical (unpaired) electrons. The molecule has 1 aliphatic carbocycles. The molecule has 0 aromatic heterocycles. The van der Waals surface area contributed by atoms with Gasteiger partial charge < -0.3 is 10.6 Å². The molecule has 1 heterocycles. The molecule has 3 nitrogen and oxygen atoms in total. The monoisotopic (exact) mass is 258 g/mol. The van der Waals surface area contributed by atoms with Crippen molar-refractivity contribution in [1.29, 1.82) is 0 Å². The lowest BCUT2D eigenvalue weighted by Gasteiger charge is -2.35. The Morgan fingerprint density at radius 1 is 1.32 bits per heavy atom. The van der Waals surface area contributed by atoms with Crippen LogP contribution in [-0.4, -0.2) is 29.9 Å². The summed E-state index contributed by atoms with van der Waals surface area (Å²) in [6.07, 6.45) is 2.04. The zero-order valence-corrected chi connectivity index (χ0v) is 11.5. The van der Waals surface area contributed by atoms with Crippen molar-refractivity contribution in [3.63, 3.8) is 0 Å². The predicted molar refractivity (Wildman–Crippen MR) is 75.6 cm³/mol. The molecule has 1 saturated heterocycles. The molecule has 4 unspecified atom stereocenters. The third-order valence-corrected chi connectivity index (χ3v) is 4.66. The van der Waals surface area contributed by atoms with Crippen molar-refractivity contribution in [3.05, 3.63) is 35.9 Å². The number of amides is 1. The van der Waals surface area contributed by atoms with Gasteiger partial charge in [0.2, 0.25) is 5.91 Å². The van der Waals surface area contributed by atoms with Crippen LogP contribution in [0.1, 0.15) is 31.2 Å². The highest BCUT2D eigenvalue weighted by Gasteiger charge is 2.46. The van der Waals surface area contributed by atoms with Crippen LogP contribution in [-0.2, 0) is 4.79 Å². The summed E-state index contributed by atoms with van der Waals surface area (Å²) in [5, 5.41) is 0. The molecule has 1 aromatic carbocycles. The van der Waals surface area contributed by atoms with Crippen LogP contribution in [0.5, 0.6) is 0 Å². The topological polar surface area (TPSA) is 46.3 Å². The quantitative estimate of drug-likeness (QED) is 0.881. The molecule has 3 rings (SSSR count). The maximum absolute atomic E-state index is 12.5. The number of likely N-dealkylation sites (tertiary alicyclic amines) is 1. The normalized spacial score (nSPS) is 34.1. The molecule has 1 saturated carbocycles. The van der Waals surface area contributed by atoms with Crippen molar-refractivity contribution in [1.82, 2.24) is 4.90 Å². The second-order valence-corrected chi connectivity index (χ2v) is 6.07. The van der Waals surface area contributed by atoms with Gasteiger partial charge in [0.25, 0.3) is 0 Å². The van der Waals surface area contributed by atoms with Gasteiger partial charge in [-0.15, -0.1) is 0 Å². The standard InChI is InChI=1S/C16H22N2O/c1-11-7-8-18(10-15(11)17)16(19)14-9-13(14)12-5-3-2-4-6-12/h2-6,11,13-15H,7-10,17H2,1H3. The summed E-state index contributed by atoms with van der Waals surface area (Å²) < 4.78 is 0. The molecule has 3 heteroatoms. The summed E-state index contributed by atoms with van der Waals surface area (Å²) in [6, 6.07) is 10.5. The smallest absolute Gasteiger partial charge is 0.226 e. The number of nitrogens with two attached hydrogens (primary N) is 1. The highest BCUT2D eigenvalue weighted by Crippen LogP contribution is 2.48. The minimum absolute atomic E-state index is 0.145. The van der Waals surface area contributed by atoms with E-state index in [1.807, 2.05) is 23.1 Å². The van der Waals surface area contributed by atoms with E-state index in [1.54, 1.807) is 0 Å². The Kier molecular flexibility index (Phi) is 3.31. The molecule has 19 heavy (non-hydrogen) atoms. The van der Waals surface area contributed by atoms with Crippen molar-refractivity contribution in [2.75, 3.05) is 13.1 Å². The fourth-order valence-corrected chi connectivity index (χ4v) is 3.07. The number of benzene rings is 1. The fourth-order valence-electron chi connectivity index (χ4n) is 3.07. The summed E-state index contributed by atoms with van der Waals surface area (Å²) in [4.78, 5) is 14.5. The number of hydrogen-bond acceptors (Lipinski definition) is 2. The number of carbonyl (C=O) groups is 1. The predicted octanol–water partition coefficient (Wildman–Crippen LogP) is 1.99. The van der Waals surface area contributed by atoms with Gasteiger partial charge in [-0.2, -0.15) is 0 Å². The van der Waals surface area contributed by atoms with E-state index in [4.69, 9.17) is 5.73 Å². The van der Waals surface area contributed by atoms with E-state index in [0.29, 0.717) is 17.7 Å². The van der Waals surface area contributed by atoms with Crippen LogP contribution >= 0.6 is 0 Å². The van der Waals surface area contributed by atoms with Crippen LogP contribution in [0.15, 0.2) is 30.3 Å². The van der Waals surface area contributed by atoms with E-state index < -0.39 is 0 Å². The SMILES string of the molecule is CC1CCN(C(=O)C2CC2c2ccccc2)CC1N. The largest absolute Gasteiger partial charge is 0.341 e. The van der Waals surface area contributed by atoms with Crippen LogP contribution in [0.2, 0.25) is 0 Å². The lowest BCUT2D eigenvalue weighted by molar-refractivity contribution is -0.134. The van der Waals surface area contributed by atoms with Gasteiger partial charge in [0.15, 0.2) is 0 Å². The molecule has 1 aliphatic heterocycles. The first kappa shape index (κ1) is 12.7. The highest BCUT2D eigenvalue weighted by molar-refractivity contribution is 5.83. The van der Waals surface area contributed by atoms with Crippen LogP contribution in [0.4, 0.5) is 0 Å². The molecule has 4 atom stereocenters. The highest BCUT2D eigenvalue weighted by atomic mass is 16.2. The molecule has 1 aromatic rings. The van der Waals surface area contributed by atoms with E-state index in [2.05, 4.69) is 19.1 Å². The Morgan fingerprint density at radius 2 is 2.05 bits per heavy atom. The van der Waals surface area contributed by atoms with Gasteiger partial charge in [0.05, 0.1) is 0 Å². The van der Waals surface area contributed by atoms with Crippen molar-refractivity contribution < 1.29 is 4.79 Å². The van der Waals surface area contributed by atoms with Crippen LogP contribution < -0.4 is 5.73 Å². The lowest BCUT2D eigenvalue weighted by atomic mass is 9.94. The van der Waals surface area contributed by atoms with Crippen LogP contribution in [0.3, 0.4) is 0 Å². The Morgan fingerprint density at radius 3 is 2.74 bits per heavy atom. The van der Waals surface area contributed by atoms with Gasteiger partial charge in [-0.25, -0.2) is 0 Å². The molecule has 1 amide bonds. The van der Waals surface area contributed by atoms with Crippen molar-refractivity contribution in [2.24, 2.45) is 17.6 Å². The third-order valence-electron chi connectivity index (χ3n) is 4.66. The van der Waals surface area contributed by atoms with E-state index in [1.165, 1.54) is 5.56 Å². The maximum Gasteiger partial charge on any atom is 0.226 e. The zero-order valence-electron chi connectivity index (χ0n) is 11.5. The minimum Gasteiger partial charge on any atom is -0.341 e. The van der Waals surface area contributed by atoms with E-state index in [-0.39, 0.29) is 12.0 Å². The summed E-state index contributed by atoms with van der Waals surface area (Å²) >= 11 is 0. The molecule has 0 spiro atoms. The molecular formula is C16H22N2O. The number of carbonyl (C=O) groups excluding carboxylic acids is 1. The average molecular weight is 258 g/mol. The van der Waals surface area contributed by atoms with Crippen molar-refractivity contribution >= 4 is 5.91 Å². The van der Waals surface area contributed by atoms with E-state index in [9.17, 15) is 4.79 Å². The van der Waals surface area contributed by atoms with E-state index >= 15 is 0 Å². The number of piperidine rings is 1. The molecular weight excluding hydrogens is 236 g/mol. The summed E-state index contributed by atoms with van der Waals surface area (Å²) in [5.74, 6) is 1.48. The Bertz CT molecular complexity index is 459. The molecule has 2 N–H and O–H groups in total. The lowest BCUT2D eigenvalue weighted by Crippen LogP contribution is -2.50. The van der Waals surface area contributed by atoms with Crippen LogP contribution in [0.25, 0.3) is 0 Å². The minimum atomic E-state index is 0.145. The first-order valence-corrected chi connectivity index (χ1v) is 7.26. The van der Waals surface area contributed by atoms with Crippen molar-refractivity contribution in [2.45, 2.75) is 31.7 Å². The second kappa shape index (κ2) is 4.97. The van der Waals surface area contributed by atoms with Crippen molar-refractivity contribution in [3.8, 4) is 0 Å². The average Bonchev–Trinajstić information content (AvgIpc) is 3.22. The first-order chi connectivity index (χ1) is 9.16. The summed E-state index contributed by atoms with van der Waals surface area (Å²) in [5.41, 5.74) is 7.38. The maximum atomic E-state index is 12.5.